The Labute approximate surface area is 77.3 Å². The number of hydrogen-bond donors (Lipinski definition) is 1. The van der Waals surface area contributed by atoms with E-state index in [0.717, 1.165) is 0 Å². The van der Waals surface area contributed by atoms with Gasteiger partial charge in [-0.25, -0.2) is 0 Å². The molecular weight excluding hydrogens is 240 g/mol. The maximum absolute atomic E-state index is 5.84. The fourth-order valence-electron chi connectivity index (χ4n) is 0.410. The van der Waals surface area contributed by atoms with Crippen molar-refractivity contribution >= 4 is 30.1 Å². The van der Waals surface area contributed by atoms with E-state index < -0.39 is 0 Å². The predicted octanol–water partition coefficient (Wildman–Crippen LogP) is 1.56. The second-order valence-electron chi connectivity index (χ2n) is 2.94. The van der Waals surface area contributed by atoms with Crippen LogP contribution in [0.3, 0.4) is 0 Å². The van der Waals surface area contributed by atoms with E-state index in [-0.39, 0.29) is 9.15 Å². The highest BCUT2D eigenvalue weighted by Gasteiger charge is 2.35. The van der Waals surface area contributed by atoms with E-state index in [0.29, 0.717) is 0 Å². The molecule has 0 aliphatic rings. The van der Waals surface area contributed by atoms with E-state index in [1.165, 1.54) is 0 Å². The van der Waals surface area contributed by atoms with Crippen LogP contribution in [-0.2, 0) is 4.65 Å². The van der Waals surface area contributed by atoms with Crippen molar-refractivity contribution in [1.82, 2.24) is 0 Å². The van der Waals surface area contributed by atoms with Gasteiger partial charge >= 0.3 is 0 Å². The number of halogens is 1. The van der Waals surface area contributed by atoms with Crippen LogP contribution < -0.4 is 5.73 Å². The number of nitrogens with two attached hydrogens (primary N) is 1. The van der Waals surface area contributed by atoms with Crippen LogP contribution in [0.1, 0.15) is 20.8 Å². The topological polar surface area (TPSA) is 35.2 Å². The van der Waals surface area contributed by atoms with Crippen LogP contribution in [0, 0.1) is 0 Å². The van der Waals surface area contributed by atoms with E-state index in [1.54, 1.807) is 7.48 Å². The molecule has 0 fully saturated rings. The van der Waals surface area contributed by atoms with Gasteiger partial charge in [0.1, 0.15) is 0 Å². The summed E-state index contributed by atoms with van der Waals surface area (Å²) in [6, 6.07) is 0. The summed E-state index contributed by atoms with van der Waals surface area (Å²) in [5.74, 6) is 0. The molecule has 0 bridgehead atoms. The average Bonchev–Trinajstić information content (AvgIpc) is 1.61. The molecule has 0 aromatic heterocycles. The van der Waals surface area contributed by atoms with Gasteiger partial charge in [-0.1, -0.05) is 29.4 Å². The first-order valence-electron chi connectivity index (χ1n) is 3.24. The SMILES string of the molecule is C[B]OC(C)(C)C(C)(N)I. The Hall–Kier alpha value is 0.715. The molecular formula is C6H14BINO. The standard InChI is InChI=1S/C6H14BINO/c1-5(2,10-7-4)6(3,8)9/h9H2,1-4H3. The smallest absolute Gasteiger partial charge is 0.289 e. The van der Waals surface area contributed by atoms with Crippen molar-refractivity contribution in [3.05, 3.63) is 0 Å². The molecule has 0 aromatic rings. The zero-order valence-electron chi connectivity index (χ0n) is 6.94. The third kappa shape index (κ3) is 2.76. The Kier molecular flexibility index (Phi) is 3.65. The van der Waals surface area contributed by atoms with Crippen LogP contribution in [0.2, 0.25) is 6.82 Å². The highest BCUT2D eigenvalue weighted by atomic mass is 127. The number of hydrogen-bond acceptors (Lipinski definition) is 2. The third-order valence-corrected chi connectivity index (χ3v) is 2.89. The summed E-state index contributed by atoms with van der Waals surface area (Å²) >= 11 is 2.18. The first-order chi connectivity index (χ1) is 4.31. The van der Waals surface area contributed by atoms with Gasteiger partial charge in [-0.05, 0) is 20.8 Å². The predicted molar refractivity (Wildman–Crippen MR) is 53.4 cm³/mol. The quantitative estimate of drug-likeness (QED) is 0.359. The van der Waals surface area contributed by atoms with E-state index in [1.807, 2.05) is 27.6 Å². The monoisotopic (exact) mass is 254 g/mol. The van der Waals surface area contributed by atoms with Crippen LogP contribution >= 0.6 is 22.6 Å². The summed E-state index contributed by atoms with van der Waals surface area (Å²) in [5.41, 5.74) is 5.54. The number of rotatable bonds is 3. The molecule has 2 N–H and O–H groups in total. The highest BCUT2D eigenvalue weighted by Crippen LogP contribution is 2.28. The minimum Gasteiger partial charge on any atom is -0.433 e. The molecule has 4 heteroatoms. The largest absolute Gasteiger partial charge is 0.433 e. The van der Waals surface area contributed by atoms with Crippen LogP contribution in [0.5, 0.6) is 0 Å². The van der Waals surface area contributed by atoms with Gasteiger partial charge in [0.15, 0.2) is 0 Å². The summed E-state index contributed by atoms with van der Waals surface area (Å²) in [7, 11) is 1.67. The second kappa shape index (κ2) is 3.41. The fraction of sp³-hybridized carbons (Fsp3) is 1.00. The lowest BCUT2D eigenvalue weighted by atomic mass is 9.96. The molecule has 0 aromatic carbocycles. The molecule has 1 radical (unpaired) electrons. The van der Waals surface area contributed by atoms with Crippen LogP contribution in [0.4, 0.5) is 0 Å². The van der Waals surface area contributed by atoms with Crippen molar-refractivity contribution in [2.24, 2.45) is 5.73 Å². The van der Waals surface area contributed by atoms with Gasteiger partial charge in [0, 0.05) is 0 Å². The minimum absolute atomic E-state index is 0.303. The van der Waals surface area contributed by atoms with Crippen LogP contribution in [0.25, 0.3) is 0 Å². The molecule has 1 unspecified atom stereocenters. The van der Waals surface area contributed by atoms with Gasteiger partial charge < -0.3 is 10.4 Å². The normalized spacial score (nSPS) is 18.2. The molecule has 1 atom stereocenters. The molecule has 2 nitrogen and oxygen atoms in total. The second-order valence-corrected chi connectivity index (χ2v) is 5.18. The van der Waals surface area contributed by atoms with Crippen molar-refractivity contribution in [1.29, 1.82) is 0 Å². The van der Waals surface area contributed by atoms with Gasteiger partial charge in [0.2, 0.25) is 0 Å². The first-order valence-corrected chi connectivity index (χ1v) is 4.32. The molecule has 10 heavy (non-hydrogen) atoms. The third-order valence-electron chi connectivity index (χ3n) is 1.59. The Morgan fingerprint density at radius 3 is 1.90 bits per heavy atom. The molecule has 0 aliphatic carbocycles. The molecule has 59 valence electrons. The van der Waals surface area contributed by atoms with Crippen molar-refractivity contribution in [2.75, 3.05) is 0 Å². The zero-order valence-corrected chi connectivity index (χ0v) is 9.10. The molecule has 0 heterocycles. The van der Waals surface area contributed by atoms with Crippen LogP contribution in [-0.4, -0.2) is 16.6 Å². The lowest BCUT2D eigenvalue weighted by Gasteiger charge is -2.36. The van der Waals surface area contributed by atoms with Gasteiger partial charge in [-0.2, -0.15) is 0 Å². The van der Waals surface area contributed by atoms with E-state index in [9.17, 15) is 0 Å². The summed E-state index contributed by atoms with van der Waals surface area (Å²) in [6.45, 7) is 7.74. The van der Waals surface area contributed by atoms with Gasteiger partial charge in [0.25, 0.3) is 7.48 Å². The van der Waals surface area contributed by atoms with Gasteiger partial charge in [-0.15, -0.1) is 0 Å². The average molecular weight is 254 g/mol. The number of alkyl halides is 1. The molecule has 0 amide bonds. The highest BCUT2D eigenvalue weighted by molar-refractivity contribution is 14.1. The van der Waals surface area contributed by atoms with Crippen molar-refractivity contribution in [3.8, 4) is 0 Å². The van der Waals surface area contributed by atoms with Crippen LogP contribution in [0.15, 0.2) is 0 Å². The summed E-state index contributed by atoms with van der Waals surface area (Å²) in [4.78, 5) is 0. The Balaban J connectivity index is 4.10. The molecule has 0 spiro atoms. The molecule has 0 saturated carbocycles. The Morgan fingerprint density at radius 1 is 1.40 bits per heavy atom. The van der Waals surface area contributed by atoms with Gasteiger partial charge in [0.05, 0.1) is 9.15 Å². The lowest BCUT2D eigenvalue weighted by molar-refractivity contribution is 0.0855. The maximum Gasteiger partial charge on any atom is 0.289 e. The Bertz CT molecular complexity index is 111. The molecule has 0 saturated heterocycles. The Morgan fingerprint density at radius 2 is 1.80 bits per heavy atom. The fourth-order valence-corrected chi connectivity index (χ4v) is 0.537. The van der Waals surface area contributed by atoms with Gasteiger partial charge in [-0.3, -0.25) is 0 Å². The summed E-state index contributed by atoms with van der Waals surface area (Å²) < 4.78 is 5.00. The van der Waals surface area contributed by atoms with Crippen molar-refractivity contribution < 1.29 is 4.65 Å². The minimum atomic E-state index is -0.336. The van der Waals surface area contributed by atoms with E-state index >= 15 is 0 Å². The molecule has 0 rings (SSSR count). The van der Waals surface area contributed by atoms with E-state index in [4.69, 9.17) is 10.4 Å². The maximum atomic E-state index is 5.84. The summed E-state index contributed by atoms with van der Waals surface area (Å²) in [6.07, 6.45) is 0. The van der Waals surface area contributed by atoms with E-state index in [2.05, 4.69) is 22.6 Å². The first kappa shape index (κ1) is 10.7. The zero-order chi connectivity index (χ0) is 8.41. The van der Waals surface area contributed by atoms with Crippen molar-refractivity contribution in [3.63, 3.8) is 0 Å². The summed E-state index contributed by atoms with van der Waals surface area (Å²) in [5, 5.41) is 0. The lowest BCUT2D eigenvalue weighted by Crippen LogP contribution is -2.51. The molecule has 0 aliphatic heterocycles. The van der Waals surface area contributed by atoms with Crippen molar-refractivity contribution in [2.45, 2.75) is 36.7 Å².